The fourth-order valence-electron chi connectivity index (χ4n) is 1.33. The van der Waals surface area contributed by atoms with Crippen LogP contribution in [0.4, 0.5) is 5.69 Å². The first-order valence-corrected chi connectivity index (χ1v) is 5.61. The Morgan fingerprint density at radius 3 is 2.80 bits per heavy atom. The van der Waals surface area contributed by atoms with Crippen LogP contribution in [0.2, 0.25) is 5.02 Å². The maximum absolute atomic E-state index is 11.6. The van der Waals surface area contributed by atoms with Crippen molar-refractivity contribution in [1.29, 1.82) is 0 Å². The van der Waals surface area contributed by atoms with Crippen LogP contribution in [-0.4, -0.2) is 18.4 Å². The molecule has 0 atom stereocenters. The van der Waals surface area contributed by atoms with E-state index in [9.17, 15) is 9.59 Å². The molecule has 0 spiro atoms. The molecular weight excluding hydrogens is 330 g/mol. The Balaban J connectivity index is 2.66. The molecule has 0 radical (unpaired) electrons. The van der Waals surface area contributed by atoms with E-state index in [1.165, 1.54) is 0 Å². The number of carbonyl (C=O) groups excluding carboxylic acids is 2. The minimum absolute atomic E-state index is 0.0279. The SMILES string of the molecule is O=C1CNC(=O)c2c(Cl)ccc(I)c2N1. The van der Waals surface area contributed by atoms with Gasteiger partial charge in [0.25, 0.3) is 5.91 Å². The number of rotatable bonds is 0. The van der Waals surface area contributed by atoms with Crippen LogP contribution in [0.1, 0.15) is 10.4 Å². The fraction of sp³-hybridized carbons (Fsp3) is 0.111. The summed E-state index contributed by atoms with van der Waals surface area (Å²) in [7, 11) is 0. The molecule has 2 N–H and O–H groups in total. The van der Waals surface area contributed by atoms with Crippen molar-refractivity contribution in [2.75, 3.05) is 11.9 Å². The Labute approximate surface area is 105 Å². The Hall–Kier alpha value is -0.820. The molecule has 1 heterocycles. The highest BCUT2D eigenvalue weighted by atomic mass is 127. The molecule has 1 aromatic rings. The van der Waals surface area contributed by atoms with Gasteiger partial charge in [0.05, 0.1) is 22.8 Å². The Bertz CT molecular complexity index is 462. The van der Waals surface area contributed by atoms with E-state index in [1.807, 2.05) is 22.6 Å². The van der Waals surface area contributed by atoms with Gasteiger partial charge in [0, 0.05) is 3.57 Å². The Morgan fingerprint density at radius 2 is 2.07 bits per heavy atom. The highest BCUT2D eigenvalue weighted by Crippen LogP contribution is 2.30. The number of hydrogen-bond acceptors (Lipinski definition) is 2. The molecule has 0 saturated carbocycles. The van der Waals surface area contributed by atoms with Gasteiger partial charge in [-0.25, -0.2) is 0 Å². The number of nitrogens with one attached hydrogen (secondary N) is 2. The lowest BCUT2D eigenvalue weighted by Gasteiger charge is -2.08. The van der Waals surface area contributed by atoms with E-state index < -0.39 is 0 Å². The molecule has 1 aliphatic rings. The molecule has 2 rings (SSSR count). The van der Waals surface area contributed by atoms with E-state index in [-0.39, 0.29) is 18.4 Å². The summed E-state index contributed by atoms with van der Waals surface area (Å²) in [5.74, 6) is -0.575. The summed E-state index contributed by atoms with van der Waals surface area (Å²) >= 11 is 7.96. The van der Waals surface area contributed by atoms with Crippen molar-refractivity contribution in [3.63, 3.8) is 0 Å². The number of hydrogen-bond donors (Lipinski definition) is 2. The van der Waals surface area contributed by atoms with Crippen LogP contribution in [0.5, 0.6) is 0 Å². The van der Waals surface area contributed by atoms with Crippen molar-refractivity contribution in [1.82, 2.24) is 5.32 Å². The normalized spacial score (nSPS) is 15.1. The summed E-state index contributed by atoms with van der Waals surface area (Å²) in [4.78, 5) is 22.9. The number of halogens is 2. The smallest absolute Gasteiger partial charge is 0.255 e. The molecule has 4 nitrogen and oxygen atoms in total. The number of carbonyl (C=O) groups is 2. The van der Waals surface area contributed by atoms with E-state index in [0.717, 1.165) is 3.57 Å². The molecule has 15 heavy (non-hydrogen) atoms. The van der Waals surface area contributed by atoms with Gasteiger partial charge in [0.2, 0.25) is 5.91 Å². The van der Waals surface area contributed by atoms with Crippen molar-refractivity contribution >= 4 is 51.7 Å². The second-order valence-electron chi connectivity index (χ2n) is 3.01. The lowest BCUT2D eigenvalue weighted by atomic mass is 10.1. The van der Waals surface area contributed by atoms with Gasteiger partial charge < -0.3 is 10.6 Å². The topological polar surface area (TPSA) is 58.2 Å². The predicted molar refractivity (Wildman–Crippen MR) is 65.1 cm³/mol. The van der Waals surface area contributed by atoms with Gasteiger partial charge in [-0.05, 0) is 34.7 Å². The summed E-state index contributed by atoms with van der Waals surface area (Å²) in [5, 5.41) is 5.47. The van der Waals surface area contributed by atoms with E-state index in [0.29, 0.717) is 16.3 Å². The average Bonchev–Trinajstić information content (AvgIpc) is 2.34. The fourth-order valence-corrected chi connectivity index (χ4v) is 2.16. The average molecular weight is 337 g/mol. The first-order valence-electron chi connectivity index (χ1n) is 4.15. The molecule has 78 valence electrons. The lowest BCUT2D eigenvalue weighted by molar-refractivity contribution is -0.115. The van der Waals surface area contributed by atoms with Crippen molar-refractivity contribution in [3.8, 4) is 0 Å². The van der Waals surface area contributed by atoms with E-state index in [4.69, 9.17) is 11.6 Å². The van der Waals surface area contributed by atoms with Gasteiger partial charge in [0.15, 0.2) is 0 Å². The third-order valence-electron chi connectivity index (χ3n) is 2.00. The summed E-state index contributed by atoms with van der Waals surface area (Å²) in [5.41, 5.74) is 0.817. The zero-order valence-electron chi connectivity index (χ0n) is 7.43. The Morgan fingerprint density at radius 1 is 1.33 bits per heavy atom. The van der Waals surface area contributed by atoms with E-state index in [2.05, 4.69) is 10.6 Å². The van der Waals surface area contributed by atoms with Crippen LogP contribution in [0, 0.1) is 3.57 Å². The third-order valence-corrected chi connectivity index (χ3v) is 3.22. The Kier molecular flexibility index (Phi) is 2.83. The highest BCUT2D eigenvalue weighted by Gasteiger charge is 2.23. The zero-order valence-corrected chi connectivity index (χ0v) is 10.3. The first-order chi connectivity index (χ1) is 7.09. The highest BCUT2D eigenvalue weighted by molar-refractivity contribution is 14.1. The maximum Gasteiger partial charge on any atom is 0.255 e. The van der Waals surface area contributed by atoms with Crippen LogP contribution >= 0.6 is 34.2 Å². The molecule has 1 aliphatic heterocycles. The lowest BCUT2D eigenvalue weighted by Crippen LogP contribution is -2.28. The van der Waals surface area contributed by atoms with Crippen LogP contribution in [-0.2, 0) is 4.79 Å². The summed E-state index contributed by atoms with van der Waals surface area (Å²) in [6.07, 6.45) is 0. The minimum Gasteiger partial charge on any atom is -0.343 e. The van der Waals surface area contributed by atoms with E-state index in [1.54, 1.807) is 12.1 Å². The molecule has 0 unspecified atom stereocenters. The monoisotopic (exact) mass is 336 g/mol. The van der Waals surface area contributed by atoms with Gasteiger partial charge >= 0.3 is 0 Å². The molecule has 1 aromatic carbocycles. The van der Waals surface area contributed by atoms with Gasteiger partial charge in [-0.2, -0.15) is 0 Å². The molecule has 0 saturated heterocycles. The standard InChI is InChI=1S/C9H6ClIN2O2/c10-4-1-2-5(11)8-7(4)9(15)12-3-6(14)13-8/h1-2H,3H2,(H,12,15)(H,13,14). The maximum atomic E-state index is 11.6. The quantitative estimate of drug-likeness (QED) is 0.708. The van der Waals surface area contributed by atoms with Gasteiger partial charge in [-0.1, -0.05) is 11.6 Å². The van der Waals surface area contributed by atoms with Crippen molar-refractivity contribution in [2.24, 2.45) is 0 Å². The zero-order chi connectivity index (χ0) is 11.0. The second-order valence-corrected chi connectivity index (χ2v) is 4.58. The molecule has 0 aromatic heterocycles. The largest absolute Gasteiger partial charge is 0.343 e. The predicted octanol–water partition coefficient (Wildman–Crippen LogP) is 1.63. The van der Waals surface area contributed by atoms with Gasteiger partial charge in [-0.3, -0.25) is 9.59 Å². The molecule has 6 heteroatoms. The number of anilines is 1. The summed E-state index contributed by atoms with van der Waals surface area (Å²) in [6.45, 7) is -0.0279. The molecule has 2 amide bonds. The van der Waals surface area contributed by atoms with Crippen LogP contribution in [0.15, 0.2) is 12.1 Å². The van der Waals surface area contributed by atoms with Gasteiger partial charge in [-0.15, -0.1) is 0 Å². The minimum atomic E-state index is -0.327. The summed E-state index contributed by atoms with van der Waals surface area (Å²) < 4.78 is 0.789. The van der Waals surface area contributed by atoms with Crippen molar-refractivity contribution < 1.29 is 9.59 Å². The first kappa shape index (κ1) is 10.7. The number of amides is 2. The molecular formula is C9H6ClIN2O2. The molecule has 0 fully saturated rings. The molecule has 0 bridgehead atoms. The van der Waals surface area contributed by atoms with Crippen LogP contribution in [0.3, 0.4) is 0 Å². The molecule has 0 aliphatic carbocycles. The third kappa shape index (κ3) is 1.93. The second kappa shape index (κ2) is 3.97. The van der Waals surface area contributed by atoms with Crippen LogP contribution in [0.25, 0.3) is 0 Å². The summed E-state index contributed by atoms with van der Waals surface area (Å²) in [6, 6.07) is 3.39. The van der Waals surface area contributed by atoms with Crippen LogP contribution < -0.4 is 10.6 Å². The number of benzene rings is 1. The van der Waals surface area contributed by atoms with Crippen molar-refractivity contribution in [3.05, 3.63) is 26.3 Å². The van der Waals surface area contributed by atoms with Crippen molar-refractivity contribution in [2.45, 2.75) is 0 Å². The number of fused-ring (bicyclic) bond motifs is 1. The van der Waals surface area contributed by atoms with E-state index >= 15 is 0 Å². The van der Waals surface area contributed by atoms with Gasteiger partial charge in [0.1, 0.15) is 0 Å².